The maximum absolute atomic E-state index is 11.8. The average Bonchev–Trinajstić information content (AvgIpc) is 3.06. The van der Waals surface area contributed by atoms with Crippen LogP contribution in [0.15, 0.2) is 53.7 Å². The normalized spacial score (nSPS) is 10.1. The lowest BCUT2D eigenvalue weighted by Gasteiger charge is -2.12. The minimum atomic E-state index is -0.208. The summed E-state index contributed by atoms with van der Waals surface area (Å²) >= 11 is 0. The summed E-state index contributed by atoms with van der Waals surface area (Å²) in [5.41, 5.74) is 0.935. The number of allylic oxidation sites excluding steroid dienone is 1. The van der Waals surface area contributed by atoms with E-state index in [-0.39, 0.29) is 12.5 Å². The number of hydrogen-bond donors (Lipinski definition) is 1. The molecule has 0 saturated heterocycles. The fourth-order valence-corrected chi connectivity index (χ4v) is 2.06. The number of furan rings is 1. The van der Waals surface area contributed by atoms with Crippen molar-refractivity contribution in [1.29, 1.82) is 0 Å². The summed E-state index contributed by atoms with van der Waals surface area (Å²) in [7, 11) is 0. The van der Waals surface area contributed by atoms with E-state index < -0.39 is 0 Å². The first-order valence-corrected chi connectivity index (χ1v) is 7.51. The number of rotatable bonds is 9. The Kier molecular flexibility index (Phi) is 6.29. The molecule has 1 aromatic heterocycles. The van der Waals surface area contributed by atoms with Gasteiger partial charge in [-0.15, -0.1) is 6.58 Å². The van der Waals surface area contributed by atoms with E-state index in [1.54, 1.807) is 24.5 Å². The molecular formula is C18H21NO4. The van der Waals surface area contributed by atoms with Crippen LogP contribution in [-0.2, 0) is 17.8 Å². The molecule has 5 nitrogen and oxygen atoms in total. The van der Waals surface area contributed by atoms with E-state index in [1.165, 1.54) is 0 Å². The molecule has 1 heterocycles. The highest BCUT2D eigenvalue weighted by molar-refractivity contribution is 5.77. The number of amides is 1. The third-order valence-corrected chi connectivity index (χ3v) is 3.11. The molecule has 0 aliphatic rings. The number of nitrogens with one attached hydrogen (secondary N) is 1. The Morgan fingerprint density at radius 1 is 1.35 bits per heavy atom. The van der Waals surface area contributed by atoms with E-state index in [0.717, 1.165) is 11.3 Å². The van der Waals surface area contributed by atoms with Crippen molar-refractivity contribution in [2.24, 2.45) is 0 Å². The topological polar surface area (TPSA) is 60.7 Å². The third-order valence-electron chi connectivity index (χ3n) is 3.11. The lowest BCUT2D eigenvalue weighted by atomic mass is 10.1. The van der Waals surface area contributed by atoms with Crippen molar-refractivity contribution in [2.75, 3.05) is 13.2 Å². The molecule has 1 N–H and O–H groups in total. The van der Waals surface area contributed by atoms with Gasteiger partial charge in [0, 0.05) is 5.56 Å². The highest BCUT2D eigenvalue weighted by Gasteiger charge is 2.08. The second-order valence-corrected chi connectivity index (χ2v) is 4.84. The molecule has 1 aromatic carbocycles. The summed E-state index contributed by atoms with van der Waals surface area (Å²) in [6.07, 6.45) is 4.00. The quantitative estimate of drug-likeness (QED) is 0.722. The van der Waals surface area contributed by atoms with Crippen molar-refractivity contribution in [1.82, 2.24) is 5.32 Å². The molecule has 1 amide bonds. The third kappa shape index (κ3) is 5.21. The highest BCUT2D eigenvalue weighted by atomic mass is 16.5. The summed E-state index contributed by atoms with van der Waals surface area (Å²) in [6, 6.07) is 9.12. The Balaban J connectivity index is 1.90. The zero-order valence-electron chi connectivity index (χ0n) is 13.2. The van der Waals surface area contributed by atoms with Gasteiger partial charge in [0.05, 0.1) is 19.4 Å². The minimum absolute atomic E-state index is 0.0567. The molecule has 5 heteroatoms. The Morgan fingerprint density at radius 3 is 2.91 bits per heavy atom. The monoisotopic (exact) mass is 315 g/mol. The molecule has 0 atom stereocenters. The van der Waals surface area contributed by atoms with Crippen molar-refractivity contribution in [3.8, 4) is 11.5 Å². The Labute approximate surface area is 135 Å². The van der Waals surface area contributed by atoms with Gasteiger partial charge < -0.3 is 19.2 Å². The second kappa shape index (κ2) is 8.68. The fourth-order valence-electron chi connectivity index (χ4n) is 2.06. The van der Waals surface area contributed by atoms with E-state index in [9.17, 15) is 4.79 Å². The molecule has 122 valence electrons. The van der Waals surface area contributed by atoms with E-state index in [0.29, 0.717) is 31.1 Å². The van der Waals surface area contributed by atoms with Crippen LogP contribution < -0.4 is 14.8 Å². The zero-order chi connectivity index (χ0) is 16.5. The van der Waals surface area contributed by atoms with Gasteiger partial charge in [0.25, 0.3) is 5.91 Å². The van der Waals surface area contributed by atoms with Crippen LogP contribution in [-0.4, -0.2) is 19.1 Å². The number of carbonyl (C=O) groups excluding carboxylic acids is 1. The standard InChI is InChI=1S/C18H21NO4/c1-3-6-14-11-15(21-4-2)8-9-17(14)23-13-18(20)19-12-16-7-5-10-22-16/h3,5,7-11H,1,4,6,12-13H2,2H3,(H,19,20). The largest absolute Gasteiger partial charge is 0.494 e. The smallest absolute Gasteiger partial charge is 0.258 e. The van der Waals surface area contributed by atoms with Crippen LogP contribution in [0.4, 0.5) is 0 Å². The average molecular weight is 315 g/mol. The summed E-state index contributed by atoms with van der Waals surface area (Å²) in [4.78, 5) is 11.8. The number of benzene rings is 1. The van der Waals surface area contributed by atoms with Gasteiger partial charge in [0.1, 0.15) is 17.3 Å². The van der Waals surface area contributed by atoms with Gasteiger partial charge in [-0.2, -0.15) is 0 Å². The molecule has 0 aliphatic heterocycles. The molecule has 0 saturated carbocycles. The molecule has 0 radical (unpaired) electrons. The van der Waals surface area contributed by atoms with Gasteiger partial charge in [0.2, 0.25) is 0 Å². The van der Waals surface area contributed by atoms with Gasteiger partial charge in [0.15, 0.2) is 6.61 Å². The van der Waals surface area contributed by atoms with Crippen LogP contribution in [0.25, 0.3) is 0 Å². The van der Waals surface area contributed by atoms with Gasteiger partial charge >= 0.3 is 0 Å². The second-order valence-electron chi connectivity index (χ2n) is 4.84. The van der Waals surface area contributed by atoms with Crippen molar-refractivity contribution in [2.45, 2.75) is 19.9 Å². The minimum Gasteiger partial charge on any atom is -0.494 e. The predicted molar refractivity (Wildman–Crippen MR) is 87.6 cm³/mol. The Morgan fingerprint density at radius 2 is 2.22 bits per heavy atom. The first kappa shape index (κ1) is 16.7. The molecule has 0 aliphatic carbocycles. The first-order valence-electron chi connectivity index (χ1n) is 7.51. The van der Waals surface area contributed by atoms with E-state index in [1.807, 2.05) is 25.1 Å². The Bertz CT molecular complexity index is 634. The summed E-state index contributed by atoms with van der Waals surface area (Å²) in [5.74, 6) is 1.92. The maximum atomic E-state index is 11.8. The highest BCUT2D eigenvalue weighted by Crippen LogP contribution is 2.25. The van der Waals surface area contributed by atoms with E-state index in [4.69, 9.17) is 13.9 Å². The molecule has 2 aromatic rings. The molecule has 0 unspecified atom stereocenters. The number of carbonyl (C=O) groups is 1. The van der Waals surface area contributed by atoms with Gasteiger partial charge in [-0.05, 0) is 43.7 Å². The van der Waals surface area contributed by atoms with Crippen molar-refractivity contribution in [3.63, 3.8) is 0 Å². The molecule has 23 heavy (non-hydrogen) atoms. The van der Waals surface area contributed by atoms with Crippen LogP contribution >= 0.6 is 0 Å². The van der Waals surface area contributed by atoms with Crippen molar-refractivity contribution < 1.29 is 18.7 Å². The van der Waals surface area contributed by atoms with Crippen LogP contribution in [0.2, 0.25) is 0 Å². The fraction of sp³-hybridized carbons (Fsp3) is 0.278. The van der Waals surface area contributed by atoms with E-state index in [2.05, 4.69) is 11.9 Å². The summed E-state index contributed by atoms with van der Waals surface area (Å²) in [6.45, 7) is 6.56. The van der Waals surface area contributed by atoms with E-state index >= 15 is 0 Å². The molecular weight excluding hydrogens is 294 g/mol. The summed E-state index contributed by atoms with van der Waals surface area (Å²) in [5, 5.41) is 2.74. The molecule has 2 rings (SSSR count). The van der Waals surface area contributed by atoms with Crippen LogP contribution in [0.1, 0.15) is 18.2 Å². The van der Waals surface area contributed by atoms with Crippen molar-refractivity contribution in [3.05, 3.63) is 60.6 Å². The SMILES string of the molecule is C=CCc1cc(OCC)ccc1OCC(=O)NCc1ccco1. The van der Waals surface area contributed by atoms with Gasteiger partial charge in [-0.25, -0.2) is 0 Å². The zero-order valence-corrected chi connectivity index (χ0v) is 13.2. The van der Waals surface area contributed by atoms with Crippen LogP contribution in [0.3, 0.4) is 0 Å². The lowest BCUT2D eigenvalue weighted by Crippen LogP contribution is -2.28. The summed E-state index contributed by atoms with van der Waals surface area (Å²) < 4.78 is 16.2. The maximum Gasteiger partial charge on any atom is 0.258 e. The lowest BCUT2D eigenvalue weighted by molar-refractivity contribution is -0.123. The van der Waals surface area contributed by atoms with Crippen molar-refractivity contribution >= 4 is 5.91 Å². The van der Waals surface area contributed by atoms with Gasteiger partial charge in [-0.3, -0.25) is 4.79 Å². The van der Waals surface area contributed by atoms with Crippen LogP contribution in [0.5, 0.6) is 11.5 Å². The predicted octanol–water partition coefficient (Wildman–Crippen LogP) is 3.10. The van der Waals surface area contributed by atoms with Gasteiger partial charge in [-0.1, -0.05) is 6.08 Å². The van der Waals surface area contributed by atoms with Crippen LogP contribution in [0, 0.1) is 0 Å². The molecule has 0 fully saturated rings. The Hall–Kier alpha value is -2.69. The first-order chi connectivity index (χ1) is 11.2. The number of ether oxygens (including phenoxy) is 2. The molecule has 0 spiro atoms. The molecule has 0 bridgehead atoms. The number of hydrogen-bond acceptors (Lipinski definition) is 4.